The Morgan fingerprint density at radius 3 is 2.67 bits per heavy atom. The lowest BCUT2D eigenvalue weighted by Gasteiger charge is -2.33. The summed E-state index contributed by atoms with van der Waals surface area (Å²) < 4.78 is 60.1. The SMILES string of the molecule is [2H]C1([2H])[C@@H](C#N)N(C(=O)[C@H](CC(C)C)N(C)C(=O)c2cc3c(F)cc(F)c(F)c3[nH]2)C[C@@]12C(=O)Nc1ccccc12. The van der Waals surface area contributed by atoms with Crippen LogP contribution >= 0.6 is 0 Å². The van der Waals surface area contributed by atoms with Crippen molar-refractivity contribution >= 4 is 34.3 Å². The van der Waals surface area contributed by atoms with Crippen LogP contribution in [0.1, 0.15) is 45.4 Å². The molecule has 2 aliphatic rings. The summed E-state index contributed by atoms with van der Waals surface area (Å²) in [6.07, 6.45) is -2.40. The van der Waals surface area contributed by atoms with E-state index in [4.69, 9.17) is 2.74 Å². The van der Waals surface area contributed by atoms with Gasteiger partial charge in [-0.25, -0.2) is 13.2 Å². The van der Waals surface area contributed by atoms with Gasteiger partial charge in [0.05, 0.1) is 17.0 Å². The van der Waals surface area contributed by atoms with Gasteiger partial charge in [-0.1, -0.05) is 32.0 Å². The molecule has 5 rings (SSSR count). The average Bonchev–Trinajstić information content (AvgIpc) is 3.56. The summed E-state index contributed by atoms with van der Waals surface area (Å²) in [5, 5.41) is 12.3. The summed E-state index contributed by atoms with van der Waals surface area (Å²) >= 11 is 0. The maximum absolute atomic E-state index is 14.3. The molecule has 11 heteroatoms. The number of rotatable bonds is 5. The Labute approximate surface area is 225 Å². The molecule has 0 bridgehead atoms. The number of likely N-dealkylation sites (N-methyl/N-ethyl adjacent to an activating group) is 1. The van der Waals surface area contributed by atoms with Gasteiger partial charge in [0.25, 0.3) is 5.91 Å². The van der Waals surface area contributed by atoms with Crippen LogP contribution in [-0.2, 0) is 15.0 Å². The van der Waals surface area contributed by atoms with E-state index >= 15 is 0 Å². The van der Waals surface area contributed by atoms with Crippen molar-refractivity contribution in [2.45, 2.75) is 44.1 Å². The number of carbonyl (C=O) groups is 3. The maximum atomic E-state index is 14.3. The molecule has 3 atom stereocenters. The number of aromatic nitrogens is 1. The molecule has 3 aromatic rings. The van der Waals surface area contributed by atoms with Crippen molar-refractivity contribution in [2.75, 3.05) is 18.9 Å². The second-order valence-corrected chi connectivity index (χ2v) is 10.2. The van der Waals surface area contributed by atoms with Gasteiger partial charge < -0.3 is 20.1 Å². The molecule has 0 saturated carbocycles. The lowest BCUT2D eigenvalue weighted by molar-refractivity contribution is -0.136. The van der Waals surface area contributed by atoms with Crippen molar-refractivity contribution < 1.29 is 30.3 Å². The van der Waals surface area contributed by atoms with Gasteiger partial charge in [0, 0.05) is 39.8 Å². The molecule has 2 aliphatic heterocycles. The number of H-pyrrole nitrogens is 1. The van der Waals surface area contributed by atoms with Gasteiger partial charge in [0.2, 0.25) is 11.8 Å². The van der Waals surface area contributed by atoms with E-state index in [-0.39, 0.29) is 23.4 Å². The highest BCUT2D eigenvalue weighted by Gasteiger charge is 2.56. The number of aromatic amines is 1. The molecule has 1 spiro atoms. The quantitative estimate of drug-likeness (QED) is 0.476. The molecule has 2 aromatic carbocycles. The predicted molar refractivity (Wildman–Crippen MR) is 136 cm³/mol. The smallest absolute Gasteiger partial charge is 0.270 e. The van der Waals surface area contributed by atoms with Crippen LogP contribution < -0.4 is 5.32 Å². The fourth-order valence-corrected chi connectivity index (χ4v) is 5.32. The van der Waals surface area contributed by atoms with E-state index in [2.05, 4.69) is 10.3 Å². The number of nitrogens with zero attached hydrogens (tertiary/aromatic N) is 3. The minimum atomic E-state index is -2.49. The highest BCUT2D eigenvalue weighted by molar-refractivity contribution is 6.07. The van der Waals surface area contributed by atoms with Crippen LogP contribution in [0.15, 0.2) is 36.4 Å². The number of amides is 3. The van der Waals surface area contributed by atoms with Gasteiger partial charge >= 0.3 is 0 Å². The Hall–Kier alpha value is -4.33. The van der Waals surface area contributed by atoms with Crippen LogP contribution in [0.25, 0.3) is 10.9 Å². The summed E-state index contributed by atoms with van der Waals surface area (Å²) in [6, 6.07) is 6.83. The Balaban J connectivity index is 1.53. The highest BCUT2D eigenvalue weighted by atomic mass is 19.2. The third kappa shape index (κ3) is 4.11. The molecule has 1 aromatic heterocycles. The lowest BCUT2D eigenvalue weighted by atomic mass is 9.80. The van der Waals surface area contributed by atoms with Gasteiger partial charge in [0.1, 0.15) is 23.6 Å². The second kappa shape index (κ2) is 9.45. The number of nitrogens with one attached hydrogen (secondary N) is 2. The van der Waals surface area contributed by atoms with E-state index in [0.717, 1.165) is 15.9 Å². The molecule has 1 saturated heterocycles. The molecular formula is C28H26F3N5O3. The van der Waals surface area contributed by atoms with Crippen molar-refractivity contribution in [1.29, 1.82) is 5.26 Å². The Kier molecular flexibility index (Phi) is 5.76. The maximum Gasteiger partial charge on any atom is 0.270 e. The van der Waals surface area contributed by atoms with Crippen LogP contribution in [0.5, 0.6) is 0 Å². The number of fused-ring (bicyclic) bond motifs is 3. The molecule has 1 fully saturated rings. The Morgan fingerprint density at radius 1 is 1.26 bits per heavy atom. The first kappa shape index (κ1) is 23.8. The molecular weight excluding hydrogens is 511 g/mol. The zero-order valence-electron chi connectivity index (χ0n) is 23.3. The molecule has 2 N–H and O–H groups in total. The van der Waals surface area contributed by atoms with Crippen molar-refractivity contribution in [3.05, 3.63) is 65.1 Å². The minimum Gasteiger partial charge on any atom is -0.348 e. The number of halogens is 3. The van der Waals surface area contributed by atoms with Crippen LogP contribution in [-0.4, -0.2) is 58.2 Å². The number of hydrogen-bond acceptors (Lipinski definition) is 4. The topological polar surface area (TPSA) is 109 Å². The molecule has 0 aliphatic carbocycles. The van der Waals surface area contributed by atoms with E-state index in [0.29, 0.717) is 17.3 Å². The number of nitriles is 1. The predicted octanol–water partition coefficient (Wildman–Crippen LogP) is 4.09. The number of benzene rings is 2. The van der Waals surface area contributed by atoms with Gasteiger partial charge in [-0.05, 0) is 30.0 Å². The standard InChI is InChI=1S/C28H26F3N5O3/c1-14(2)8-22(35(3)25(37)21-9-16-18(29)10-19(30)23(31)24(16)33-21)26(38)36-13-28(11-15(36)12-32)17-6-4-5-7-20(17)34-27(28)39/h4-7,9-10,14-15,22,33H,8,11,13H2,1-3H3,(H,34,39)/t15-,22-,28-/m0/s1/i11D2. The molecule has 39 heavy (non-hydrogen) atoms. The summed E-state index contributed by atoms with van der Waals surface area (Å²) in [6.45, 7) is 3.14. The lowest BCUT2D eigenvalue weighted by Crippen LogP contribution is -2.52. The third-order valence-electron chi connectivity index (χ3n) is 7.29. The largest absolute Gasteiger partial charge is 0.348 e. The first-order valence-corrected chi connectivity index (χ1v) is 12.3. The molecule has 0 radical (unpaired) electrons. The van der Waals surface area contributed by atoms with Crippen LogP contribution in [0.2, 0.25) is 0 Å². The fraction of sp³-hybridized carbons (Fsp3) is 0.357. The van der Waals surface area contributed by atoms with Crippen LogP contribution in [0, 0.1) is 34.7 Å². The zero-order chi connectivity index (χ0) is 30.0. The van der Waals surface area contributed by atoms with Crippen molar-refractivity contribution in [2.24, 2.45) is 5.92 Å². The molecule has 3 heterocycles. The van der Waals surface area contributed by atoms with E-state index in [1.54, 1.807) is 38.1 Å². The van der Waals surface area contributed by atoms with Gasteiger partial charge in [-0.2, -0.15) is 5.26 Å². The van der Waals surface area contributed by atoms with Crippen LogP contribution in [0.3, 0.4) is 0 Å². The average molecular weight is 540 g/mol. The van der Waals surface area contributed by atoms with Crippen molar-refractivity contribution in [3.8, 4) is 6.07 Å². The second-order valence-electron chi connectivity index (χ2n) is 10.2. The number of likely N-dealkylation sites (tertiary alicyclic amines) is 1. The Bertz CT molecular complexity index is 1650. The number of para-hydroxylation sites is 1. The highest BCUT2D eigenvalue weighted by Crippen LogP contribution is 2.46. The first-order valence-electron chi connectivity index (χ1n) is 13.3. The van der Waals surface area contributed by atoms with Crippen LogP contribution in [0.4, 0.5) is 18.9 Å². The van der Waals surface area contributed by atoms with E-state index in [1.807, 2.05) is 6.07 Å². The molecule has 0 unspecified atom stereocenters. The summed E-state index contributed by atoms with van der Waals surface area (Å²) in [4.78, 5) is 45.3. The van der Waals surface area contributed by atoms with Crippen molar-refractivity contribution in [3.63, 3.8) is 0 Å². The normalized spacial score (nSPS) is 22.9. The van der Waals surface area contributed by atoms with E-state index in [1.165, 1.54) is 7.05 Å². The summed E-state index contributed by atoms with van der Waals surface area (Å²) in [5.41, 5.74) is -2.00. The fourth-order valence-electron chi connectivity index (χ4n) is 5.32. The number of anilines is 1. The first-order chi connectivity index (χ1) is 19.3. The summed E-state index contributed by atoms with van der Waals surface area (Å²) in [7, 11) is 1.30. The van der Waals surface area contributed by atoms with Gasteiger partial charge in [-0.15, -0.1) is 0 Å². The van der Waals surface area contributed by atoms with E-state index < -0.39 is 71.1 Å². The monoisotopic (exact) mass is 539 g/mol. The molecule has 202 valence electrons. The number of carbonyl (C=O) groups excluding carboxylic acids is 3. The van der Waals surface area contributed by atoms with Gasteiger partial charge in [-0.3, -0.25) is 14.4 Å². The molecule has 8 nitrogen and oxygen atoms in total. The number of hydrogen-bond donors (Lipinski definition) is 2. The third-order valence-corrected chi connectivity index (χ3v) is 7.29. The molecule has 3 amide bonds. The minimum absolute atomic E-state index is 0.0894. The Morgan fingerprint density at radius 2 is 1.97 bits per heavy atom. The van der Waals surface area contributed by atoms with Gasteiger partial charge in [0.15, 0.2) is 11.6 Å². The zero-order valence-corrected chi connectivity index (χ0v) is 21.3. The van der Waals surface area contributed by atoms with Crippen molar-refractivity contribution in [1.82, 2.24) is 14.8 Å². The van der Waals surface area contributed by atoms with E-state index in [9.17, 15) is 32.8 Å². The summed E-state index contributed by atoms with van der Waals surface area (Å²) in [5.74, 6) is -6.33.